The average molecular weight is 400 g/mol. The normalized spacial score (nSPS) is 12.2. The summed E-state index contributed by atoms with van der Waals surface area (Å²) >= 11 is 0. The van der Waals surface area contributed by atoms with E-state index in [9.17, 15) is 23.1 Å². The van der Waals surface area contributed by atoms with Crippen molar-refractivity contribution in [1.82, 2.24) is 9.78 Å². The average Bonchev–Trinajstić information content (AvgIpc) is 3.16. The molecule has 148 valence electrons. The van der Waals surface area contributed by atoms with Crippen molar-refractivity contribution in [2.24, 2.45) is 0 Å². The summed E-state index contributed by atoms with van der Waals surface area (Å²) in [5.41, 5.74) is -0.374. The molecule has 6 nitrogen and oxygen atoms in total. The van der Waals surface area contributed by atoms with Crippen molar-refractivity contribution < 1.29 is 23.1 Å². The van der Waals surface area contributed by atoms with Gasteiger partial charge in [-0.05, 0) is 24.3 Å². The summed E-state index contributed by atoms with van der Waals surface area (Å²) in [5, 5.41) is 25.4. The smallest absolute Gasteiger partial charge is 0.381 e. The molecule has 1 amide bonds. The lowest BCUT2D eigenvalue weighted by Gasteiger charge is -2.14. The topological polar surface area (TPSA) is 90.9 Å². The van der Waals surface area contributed by atoms with Crippen LogP contribution in [0.15, 0.2) is 60.8 Å². The molecule has 0 saturated heterocycles. The third-order valence-electron chi connectivity index (χ3n) is 4.09. The fourth-order valence-electron chi connectivity index (χ4n) is 2.67. The summed E-state index contributed by atoms with van der Waals surface area (Å²) in [6.45, 7) is -0.179. The molecule has 3 aromatic rings. The van der Waals surface area contributed by atoms with Crippen molar-refractivity contribution in [3.8, 4) is 17.3 Å². The third kappa shape index (κ3) is 4.80. The summed E-state index contributed by atoms with van der Waals surface area (Å²) in [6, 6.07) is 15.2. The number of aliphatic hydroxyl groups is 1. The third-order valence-corrected chi connectivity index (χ3v) is 4.09. The number of hydrogen-bond donors (Lipinski definition) is 2. The van der Waals surface area contributed by atoms with Gasteiger partial charge in [0.25, 0.3) is 5.91 Å². The second-order valence-corrected chi connectivity index (χ2v) is 6.16. The molecule has 0 aliphatic carbocycles. The second kappa shape index (κ2) is 8.16. The molecule has 0 unspecified atom stereocenters. The van der Waals surface area contributed by atoms with E-state index in [-0.39, 0.29) is 12.2 Å². The van der Waals surface area contributed by atoms with Crippen molar-refractivity contribution in [3.63, 3.8) is 0 Å². The lowest BCUT2D eigenvalue weighted by atomic mass is 10.1. The Bertz CT molecular complexity index is 1060. The van der Waals surface area contributed by atoms with Crippen LogP contribution in [0.3, 0.4) is 0 Å². The molecule has 9 heteroatoms. The molecule has 2 aromatic carbocycles. The minimum absolute atomic E-state index is 0.175. The van der Waals surface area contributed by atoms with E-state index in [0.29, 0.717) is 11.8 Å². The number of aromatic nitrogens is 2. The summed E-state index contributed by atoms with van der Waals surface area (Å²) in [4.78, 5) is 12.2. The van der Waals surface area contributed by atoms with Crippen LogP contribution >= 0.6 is 0 Å². The van der Waals surface area contributed by atoms with Crippen LogP contribution in [0.2, 0.25) is 0 Å². The highest BCUT2D eigenvalue weighted by molar-refractivity contribution is 5.94. The number of amides is 1. The van der Waals surface area contributed by atoms with Gasteiger partial charge in [0, 0.05) is 17.4 Å². The Morgan fingerprint density at radius 3 is 2.59 bits per heavy atom. The van der Waals surface area contributed by atoms with E-state index in [0.717, 1.165) is 11.6 Å². The number of hydrogen-bond acceptors (Lipinski definition) is 4. The zero-order chi connectivity index (χ0) is 21.0. The molecule has 29 heavy (non-hydrogen) atoms. The van der Waals surface area contributed by atoms with E-state index in [1.165, 1.54) is 16.8 Å². The van der Waals surface area contributed by atoms with E-state index in [2.05, 4.69) is 10.4 Å². The van der Waals surface area contributed by atoms with E-state index in [1.807, 2.05) is 30.3 Å². The van der Waals surface area contributed by atoms with E-state index < -0.39 is 29.3 Å². The molecule has 1 heterocycles. The fraction of sp³-hybridized carbons (Fsp3) is 0.150. The van der Waals surface area contributed by atoms with Gasteiger partial charge in [-0.25, -0.2) is 0 Å². The van der Waals surface area contributed by atoms with Crippen molar-refractivity contribution in [2.75, 3.05) is 5.32 Å². The molecule has 0 fully saturated rings. The quantitative estimate of drug-likeness (QED) is 0.686. The van der Waals surface area contributed by atoms with Gasteiger partial charge in [-0.15, -0.1) is 0 Å². The number of rotatable bonds is 5. The Kier molecular flexibility index (Phi) is 5.66. The van der Waals surface area contributed by atoms with E-state index >= 15 is 0 Å². The molecule has 3 rings (SSSR count). The maximum Gasteiger partial charge on any atom is 0.417 e. The number of nitriles is 1. The largest absolute Gasteiger partial charge is 0.417 e. The van der Waals surface area contributed by atoms with E-state index in [1.54, 1.807) is 12.3 Å². The number of benzene rings is 2. The minimum atomic E-state index is -4.74. The van der Waals surface area contributed by atoms with Crippen molar-refractivity contribution in [2.45, 2.75) is 18.8 Å². The minimum Gasteiger partial charge on any atom is -0.381 e. The van der Waals surface area contributed by atoms with Gasteiger partial charge in [-0.2, -0.15) is 23.5 Å². The Balaban J connectivity index is 1.69. The van der Waals surface area contributed by atoms with Gasteiger partial charge in [0.1, 0.15) is 0 Å². The zero-order valence-electron chi connectivity index (χ0n) is 14.9. The summed E-state index contributed by atoms with van der Waals surface area (Å²) in [7, 11) is 0. The Hall–Kier alpha value is -3.64. The van der Waals surface area contributed by atoms with Crippen LogP contribution in [0.4, 0.5) is 18.9 Å². The van der Waals surface area contributed by atoms with Crippen LogP contribution in [0.5, 0.6) is 0 Å². The Morgan fingerprint density at radius 1 is 1.21 bits per heavy atom. The zero-order valence-corrected chi connectivity index (χ0v) is 14.9. The standard InChI is InChI=1S/C20H15F3N4O2/c21-20(22,23)16-10-15(7-6-14(16)11-24)25-19(29)18(28)12-27-9-8-17(26-27)13-4-2-1-3-5-13/h1-10,18,28H,12H2,(H,25,29)/t18-/m0/s1. The summed E-state index contributed by atoms with van der Waals surface area (Å²) < 4.78 is 40.4. The van der Waals surface area contributed by atoms with Gasteiger partial charge in [-0.3, -0.25) is 9.48 Å². The van der Waals surface area contributed by atoms with Gasteiger partial charge in [-0.1, -0.05) is 30.3 Å². The first-order valence-corrected chi connectivity index (χ1v) is 8.47. The highest BCUT2D eigenvalue weighted by Crippen LogP contribution is 2.33. The van der Waals surface area contributed by atoms with Crippen LogP contribution in [0.1, 0.15) is 11.1 Å². The van der Waals surface area contributed by atoms with Crippen molar-refractivity contribution >= 4 is 11.6 Å². The first-order chi connectivity index (χ1) is 13.8. The lowest BCUT2D eigenvalue weighted by molar-refractivity contribution is -0.137. The Morgan fingerprint density at radius 2 is 1.93 bits per heavy atom. The molecule has 0 aliphatic rings. The summed E-state index contributed by atoms with van der Waals surface area (Å²) in [5.74, 6) is -0.889. The van der Waals surface area contributed by atoms with Crippen LogP contribution in [-0.2, 0) is 17.5 Å². The van der Waals surface area contributed by atoms with E-state index in [4.69, 9.17) is 5.26 Å². The van der Waals surface area contributed by atoms with Crippen LogP contribution < -0.4 is 5.32 Å². The molecule has 0 spiro atoms. The first kappa shape index (κ1) is 20.1. The van der Waals surface area contributed by atoms with Gasteiger partial charge in [0.2, 0.25) is 0 Å². The number of aliphatic hydroxyl groups excluding tert-OH is 1. The van der Waals surface area contributed by atoms with Gasteiger partial charge in [0.05, 0.1) is 29.4 Å². The predicted octanol–water partition coefficient (Wildman–Crippen LogP) is 3.44. The van der Waals surface area contributed by atoms with Crippen LogP contribution in [-0.4, -0.2) is 26.9 Å². The number of alkyl halides is 3. The first-order valence-electron chi connectivity index (χ1n) is 8.47. The molecule has 0 bridgehead atoms. The molecule has 0 aliphatic heterocycles. The summed E-state index contributed by atoms with van der Waals surface area (Å²) in [6.07, 6.45) is -4.70. The number of nitrogens with zero attached hydrogens (tertiary/aromatic N) is 3. The van der Waals surface area contributed by atoms with Crippen LogP contribution in [0, 0.1) is 11.3 Å². The number of nitrogens with one attached hydrogen (secondary N) is 1. The van der Waals surface area contributed by atoms with Gasteiger partial charge >= 0.3 is 6.18 Å². The maximum absolute atomic E-state index is 13.0. The molecular formula is C20H15F3N4O2. The molecule has 2 N–H and O–H groups in total. The fourth-order valence-corrected chi connectivity index (χ4v) is 2.67. The maximum atomic E-state index is 13.0. The number of anilines is 1. The molecule has 0 radical (unpaired) electrons. The van der Waals surface area contributed by atoms with Crippen LogP contribution in [0.25, 0.3) is 11.3 Å². The molecule has 1 aromatic heterocycles. The number of halogens is 3. The van der Waals surface area contributed by atoms with Gasteiger partial charge < -0.3 is 10.4 Å². The SMILES string of the molecule is N#Cc1ccc(NC(=O)[C@@H](O)Cn2ccc(-c3ccccc3)n2)cc1C(F)(F)F. The molecular weight excluding hydrogens is 385 g/mol. The number of carbonyl (C=O) groups excluding carboxylic acids is 1. The highest BCUT2D eigenvalue weighted by atomic mass is 19.4. The highest BCUT2D eigenvalue weighted by Gasteiger charge is 2.34. The van der Waals surface area contributed by atoms with Crippen molar-refractivity contribution in [1.29, 1.82) is 5.26 Å². The second-order valence-electron chi connectivity index (χ2n) is 6.16. The Labute approximate surface area is 163 Å². The number of carbonyl (C=O) groups is 1. The van der Waals surface area contributed by atoms with Crippen molar-refractivity contribution in [3.05, 3.63) is 71.9 Å². The monoisotopic (exact) mass is 400 g/mol. The lowest BCUT2D eigenvalue weighted by Crippen LogP contribution is -2.32. The van der Waals surface area contributed by atoms with Gasteiger partial charge in [0.15, 0.2) is 6.10 Å². The predicted molar refractivity (Wildman–Crippen MR) is 98.5 cm³/mol. The molecule has 1 atom stereocenters. The molecule has 0 saturated carbocycles.